The fourth-order valence-electron chi connectivity index (χ4n) is 2.95. The van der Waals surface area contributed by atoms with Crippen LogP contribution in [0.25, 0.3) is 0 Å². The lowest BCUT2D eigenvalue weighted by molar-refractivity contribution is 0.0246. The minimum Gasteiger partial charge on any atom is -0.323 e. The Morgan fingerprint density at radius 1 is 1.20 bits per heavy atom. The first kappa shape index (κ1) is 10.1. The molecule has 0 spiro atoms. The summed E-state index contributed by atoms with van der Waals surface area (Å²) < 4.78 is 22.7. The number of sulfone groups is 1. The molecular formula is C10H18N2O2S. The average molecular weight is 230 g/mol. The third kappa shape index (κ3) is 1.70. The first-order valence-corrected chi connectivity index (χ1v) is 7.54. The standard InChI is InChI=1S/C10H18N2O2S/c11-10(8-1-2-8)6-12(7-10)9-3-4-15(13,14)5-9/h8-9H,1-7,11H2. The molecule has 0 aromatic heterocycles. The smallest absolute Gasteiger partial charge is 0.151 e. The number of nitrogens with zero attached hydrogens (tertiary/aromatic N) is 1. The zero-order valence-electron chi connectivity index (χ0n) is 8.85. The van der Waals surface area contributed by atoms with Crippen LogP contribution in [0.15, 0.2) is 0 Å². The molecule has 2 saturated heterocycles. The van der Waals surface area contributed by atoms with Gasteiger partial charge < -0.3 is 5.73 Å². The number of rotatable bonds is 2. The van der Waals surface area contributed by atoms with Gasteiger partial charge in [-0.05, 0) is 25.2 Å². The van der Waals surface area contributed by atoms with Crippen molar-refractivity contribution in [3.63, 3.8) is 0 Å². The van der Waals surface area contributed by atoms with Gasteiger partial charge in [-0.25, -0.2) is 8.42 Å². The third-order valence-electron chi connectivity index (χ3n) is 4.11. The molecule has 2 aliphatic heterocycles. The lowest BCUT2D eigenvalue weighted by Gasteiger charge is -2.51. The Balaban J connectivity index is 1.59. The molecule has 0 amide bonds. The molecule has 5 heteroatoms. The maximum Gasteiger partial charge on any atom is 0.151 e. The van der Waals surface area contributed by atoms with Crippen LogP contribution < -0.4 is 5.73 Å². The average Bonchev–Trinajstić information content (AvgIpc) is 2.86. The van der Waals surface area contributed by atoms with Crippen molar-refractivity contribution in [2.75, 3.05) is 24.6 Å². The van der Waals surface area contributed by atoms with Gasteiger partial charge in [0.05, 0.1) is 11.5 Å². The van der Waals surface area contributed by atoms with Gasteiger partial charge in [-0.1, -0.05) is 0 Å². The highest BCUT2D eigenvalue weighted by Crippen LogP contribution is 2.44. The van der Waals surface area contributed by atoms with Gasteiger partial charge in [-0.2, -0.15) is 0 Å². The van der Waals surface area contributed by atoms with E-state index in [-0.39, 0.29) is 11.6 Å². The molecule has 15 heavy (non-hydrogen) atoms. The monoisotopic (exact) mass is 230 g/mol. The minimum absolute atomic E-state index is 0.0202. The lowest BCUT2D eigenvalue weighted by Crippen LogP contribution is -2.70. The van der Waals surface area contributed by atoms with E-state index >= 15 is 0 Å². The molecule has 0 aromatic carbocycles. The highest BCUT2D eigenvalue weighted by molar-refractivity contribution is 7.91. The Bertz CT molecular complexity index is 369. The second kappa shape index (κ2) is 2.96. The first-order valence-electron chi connectivity index (χ1n) is 5.72. The van der Waals surface area contributed by atoms with Crippen LogP contribution in [-0.4, -0.2) is 49.5 Å². The molecule has 86 valence electrons. The van der Waals surface area contributed by atoms with E-state index < -0.39 is 9.84 Å². The molecule has 2 N–H and O–H groups in total. The van der Waals surface area contributed by atoms with Gasteiger partial charge >= 0.3 is 0 Å². The lowest BCUT2D eigenvalue weighted by atomic mass is 9.84. The summed E-state index contributed by atoms with van der Waals surface area (Å²) in [5, 5.41) is 0. The second-order valence-corrected chi connectivity index (χ2v) is 7.70. The van der Waals surface area contributed by atoms with Crippen LogP contribution in [0.5, 0.6) is 0 Å². The minimum atomic E-state index is -2.74. The Morgan fingerprint density at radius 2 is 1.87 bits per heavy atom. The quantitative estimate of drug-likeness (QED) is 0.701. The van der Waals surface area contributed by atoms with E-state index in [2.05, 4.69) is 4.90 Å². The van der Waals surface area contributed by atoms with Crippen molar-refractivity contribution in [3.8, 4) is 0 Å². The van der Waals surface area contributed by atoms with Crippen molar-refractivity contribution in [1.82, 2.24) is 4.90 Å². The number of hydrogen-bond acceptors (Lipinski definition) is 4. The number of nitrogens with two attached hydrogens (primary N) is 1. The third-order valence-corrected chi connectivity index (χ3v) is 5.86. The topological polar surface area (TPSA) is 63.4 Å². The van der Waals surface area contributed by atoms with E-state index in [9.17, 15) is 8.42 Å². The Kier molecular flexibility index (Phi) is 1.98. The molecule has 3 aliphatic rings. The van der Waals surface area contributed by atoms with Crippen LogP contribution in [0.1, 0.15) is 19.3 Å². The van der Waals surface area contributed by atoms with Gasteiger partial charge in [0.25, 0.3) is 0 Å². The molecule has 1 atom stereocenters. The Morgan fingerprint density at radius 3 is 2.33 bits per heavy atom. The van der Waals surface area contributed by atoms with Crippen molar-refractivity contribution in [2.24, 2.45) is 11.7 Å². The van der Waals surface area contributed by atoms with E-state index in [4.69, 9.17) is 5.73 Å². The van der Waals surface area contributed by atoms with E-state index in [1.807, 2.05) is 0 Å². The van der Waals surface area contributed by atoms with Crippen molar-refractivity contribution >= 4 is 9.84 Å². The largest absolute Gasteiger partial charge is 0.323 e. The van der Waals surface area contributed by atoms with Gasteiger partial charge in [0.1, 0.15) is 0 Å². The van der Waals surface area contributed by atoms with E-state index in [1.54, 1.807) is 0 Å². The van der Waals surface area contributed by atoms with Crippen molar-refractivity contribution in [2.45, 2.75) is 30.8 Å². The molecule has 1 saturated carbocycles. The van der Waals surface area contributed by atoms with Crippen LogP contribution in [-0.2, 0) is 9.84 Å². The summed E-state index contributed by atoms with van der Waals surface area (Å²) in [6, 6.07) is 0.255. The molecule has 3 rings (SSSR count). The van der Waals surface area contributed by atoms with Crippen molar-refractivity contribution in [1.29, 1.82) is 0 Å². The summed E-state index contributed by atoms with van der Waals surface area (Å²) in [5.74, 6) is 1.44. The zero-order chi connectivity index (χ0) is 10.7. The molecule has 1 aliphatic carbocycles. The number of likely N-dealkylation sites (tertiary alicyclic amines) is 1. The normalized spacial score (nSPS) is 38.9. The predicted octanol–water partition coefficient (Wildman–Crippen LogP) is -0.403. The van der Waals surface area contributed by atoms with Crippen molar-refractivity contribution in [3.05, 3.63) is 0 Å². The number of hydrogen-bond donors (Lipinski definition) is 1. The van der Waals surface area contributed by atoms with E-state index in [0.717, 1.165) is 19.5 Å². The van der Waals surface area contributed by atoms with Gasteiger partial charge in [0.15, 0.2) is 9.84 Å². The van der Waals surface area contributed by atoms with Gasteiger partial charge in [-0.3, -0.25) is 4.90 Å². The first-order chi connectivity index (χ1) is 6.99. The fraction of sp³-hybridized carbons (Fsp3) is 1.00. The molecular weight excluding hydrogens is 212 g/mol. The molecule has 4 nitrogen and oxygen atoms in total. The summed E-state index contributed by atoms with van der Waals surface area (Å²) in [4.78, 5) is 2.27. The van der Waals surface area contributed by atoms with Gasteiger partial charge in [0, 0.05) is 24.7 Å². The summed E-state index contributed by atoms with van der Waals surface area (Å²) in [7, 11) is -2.74. The summed E-state index contributed by atoms with van der Waals surface area (Å²) in [6.07, 6.45) is 3.35. The molecule has 0 aromatic rings. The summed E-state index contributed by atoms with van der Waals surface area (Å²) >= 11 is 0. The SMILES string of the molecule is NC1(C2CC2)CN(C2CCS(=O)(=O)C2)C1. The highest BCUT2D eigenvalue weighted by atomic mass is 32.2. The molecule has 3 fully saturated rings. The zero-order valence-corrected chi connectivity index (χ0v) is 9.67. The van der Waals surface area contributed by atoms with E-state index in [1.165, 1.54) is 12.8 Å². The van der Waals surface area contributed by atoms with Crippen LogP contribution >= 0.6 is 0 Å². The molecule has 0 radical (unpaired) electrons. The maximum absolute atomic E-state index is 11.3. The van der Waals surface area contributed by atoms with Crippen LogP contribution in [0.4, 0.5) is 0 Å². The van der Waals surface area contributed by atoms with Crippen LogP contribution in [0.2, 0.25) is 0 Å². The highest BCUT2D eigenvalue weighted by Gasteiger charge is 2.52. The Labute approximate surface area is 90.7 Å². The Hall–Kier alpha value is -0.130. The van der Waals surface area contributed by atoms with Crippen LogP contribution in [0, 0.1) is 5.92 Å². The molecule has 2 heterocycles. The summed E-state index contributed by atoms with van der Waals surface area (Å²) in [5.41, 5.74) is 6.26. The predicted molar refractivity (Wildman–Crippen MR) is 58.3 cm³/mol. The van der Waals surface area contributed by atoms with Gasteiger partial charge in [0.2, 0.25) is 0 Å². The molecule has 0 bridgehead atoms. The van der Waals surface area contributed by atoms with E-state index in [0.29, 0.717) is 17.4 Å². The van der Waals surface area contributed by atoms with Crippen molar-refractivity contribution < 1.29 is 8.42 Å². The fourth-order valence-corrected chi connectivity index (χ4v) is 4.71. The van der Waals surface area contributed by atoms with Crippen LogP contribution in [0.3, 0.4) is 0 Å². The molecule has 1 unspecified atom stereocenters. The second-order valence-electron chi connectivity index (χ2n) is 5.47. The summed E-state index contributed by atoms with van der Waals surface area (Å²) in [6.45, 7) is 1.83. The maximum atomic E-state index is 11.3. The van der Waals surface area contributed by atoms with Gasteiger partial charge in [-0.15, -0.1) is 0 Å².